The van der Waals surface area contributed by atoms with E-state index in [0.29, 0.717) is 23.3 Å². The summed E-state index contributed by atoms with van der Waals surface area (Å²) in [6.45, 7) is 0. The van der Waals surface area contributed by atoms with Crippen molar-refractivity contribution in [3.8, 4) is 5.75 Å². The van der Waals surface area contributed by atoms with Gasteiger partial charge in [0.25, 0.3) is 5.91 Å². The van der Waals surface area contributed by atoms with Gasteiger partial charge in [-0.1, -0.05) is 30.3 Å². The predicted molar refractivity (Wildman–Crippen MR) is 92.0 cm³/mol. The van der Waals surface area contributed by atoms with Crippen molar-refractivity contribution in [1.82, 2.24) is 5.01 Å². The van der Waals surface area contributed by atoms with Crippen molar-refractivity contribution in [3.05, 3.63) is 77.6 Å². The molecule has 1 unspecified atom stereocenters. The Morgan fingerprint density at radius 2 is 1.81 bits per heavy atom. The molecule has 26 heavy (non-hydrogen) atoms. The molecule has 1 aliphatic rings. The Morgan fingerprint density at radius 1 is 1.12 bits per heavy atom. The van der Waals surface area contributed by atoms with E-state index in [0.717, 1.165) is 17.2 Å². The number of phenolic OH excluding ortho intramolecular Hbond substituents is 1. The Balaban J connectivity index is 1.98. The van der Waals surface area contributed by atoms with Crippen LogP contribution in [0.5, 0.6) is 5.75 Å². The molecule has 2 aromatic rings. The van der Waals surface area contributed by atoms with Gasteiger partial charge >= 0.3 is 5.97 Å². The van der Waals surface area contributed by atoms with Gasteiger partial charge in [-0.05, 0) is 23.8 Å². The number of carbonyl (C=O) groups is 2. The van der Waals surface area contributed by atoms with Gasteiger partial charge in [0.05, 0.1) is 11.8 Å². The number of halogens is 1. The number of carboxylic acid groups (broad SMARTS) is 1. The highest BCUT2D eigenvalue weighted by Gasteiger charge is 2.33. The van der Waals surface area contributed by atoms with Crippen LogP contribution in [0.2, 0.25) is 0 Å². The summed E-state index contributed by atoms with van der Waals surface area (Å²) in [7, 11) is 0. The quantitative estimate of drug-likeness (QED) is 0.826. The van der Waals surface area contributed by atoms with Crippen LogP contribution in [0.1, 0.15) is 23.6 Å². The summed E-state index contributed by atoms with van der Waals surface area (Å²) in [5.41, 5.74) is 1.67. The van der Waals surface area contributed by atoms with E-state index in [2.05, 4.69) is 5.10 Å². The molecule has 3 rings (SSSR count). The zero-order chi connectivity index (χ0) is 18.7. The first-order valence-corrected chi connectivity index (χ1v) is 7.81. The SMILES string of the molecule is O=C(O)/C=C\C(=O)N1N=C(c2ccc(F)cc2)CC1c1ccccc1O. The van der Waals surface area contributed by atoms with E-state index in [1.165, 1.54) is 18.2 Å². The van der Waals surface area contributed by atoms with E-state index in [-0.39, 0.29) is 11.6 Å². The molecular formula is C19H15FN2O4. The summed E-state index contributed by atoms with van der Waals surface area (Å²) >= 11 is 0. The number of amides is 1. The Morgan fingerprint density at radius 3 is 2.46 bits per heavy atom. The zero-order valence-corrected chi connectivity index (χ0v) is 13.5. The number of phenols is 1. The number of benzene rings is 2. The van der Waals surface area contributed by atoms with Crippen LogP contribution >= 0.6 is 0 Å². The summed E-state index contributed by atoms with van der Waals surface area (Å²) in [5.74, 6) is -2.26. The van der Waals surface area contributed by atoms with Gasteiger partial charge in [-0.15, -0.1) is 0 Å². The fraction of sp³-hybridized carbons (Fsp3) is 0.105. The lowest BCUT2D eigenvalue weighted by Gasteiger charge is -2.21. The molecule has 1 aliphatic heterocycles. The lowest BCUT2D eigenvalue weighted by Crippen LogP contribution is -2.25. The van der Waals surface area contributed by atoms with Crippen molar-refractivity contribution in [1.29, 1.82) is 0 Å². The van der Waals surface area contributed by atoms with E-state index in [1.807, 2.05) is 0 Å². The van der Waals surface area contributed by atoms with Gasteiger partial charge in [-0.3, -0.25) is 4.79 Å². The van der Waals surface area contributed by atoms with E-state index in [9.17, 15) is 19.1 Å². The van der Waals surface area contributed by atoms with Crippen molar-refractivity contribution in [2.24, 2.45) is 5.10 Å². The molecule has 6 nitrogen and oxygen atoms in total. The molecule has 0 aliphatic carbocycles. The first-order chi connectivity index (χ1) is 12.5. The largest absolute Gasteiger partial charge is 0.508 e. The zero-order valence-electron chi connectivity index (χ0n) is 13.5. The minimum atomic E-state index is -1.25. The first kappa shape index (κ1) is 17.3. The van der Waals surface area contributed by atoms with E-state index >= 15 is 0 Å². The molecule has 1 heterocycles. The van der Waals surface area contributed by atoms with Gasteiger partial charge in [-0.25, -0.2) is 14.2 Å². The van der Waals surface area contributed by atoms with Gasteiger partial charge in [-0.2, -0.15) is 5.10 Å². The summed E-state index contributed by atoms with van der Waals surface area (Å²) in [5, 5.41) is 24.3. The third-order valence-corrected chi connectivity index (χ3v) is 3.98. The van der Waals surface area contributed by atoms with Gasteiger partial charge in [0.2, 0.25) is 0 Å². The number of nitrogens with zero attached hydrogens (tertiary/aromatic N) is 2. The van der Waals surface area contributed by atoms with Crippen LogP contribution < -0.4 is 0 Å². The molecule has 0 spiro atoms. The number of hydrogen-bond donors (Lipinski definition) is 2. The molecule has 0 radical (unpaired) electrons. The molecule has 0 saturated carbocycles. The summed E-state index contributed by atoms with van der Waals surface area (Å²) < 4.78 is 13.1. The van der Waals surface area contributed by atoms with Crippen LogP contribution in [-0.4, -0.2) is 32.8 Å². The van der Waals surface area contributed by atoms with Crippen LogP contribution in [0.3, 0.4) is 0 Å². The maximum Gasteiger partial charge on any atom is 0.328 e. The smallest absolute Gasteiger partial charge is 0.328 e. The van der Waals surface area contributed by atoms with Gasteiger partial charge in [0, 0.05) is 24.1 Å². The van der Waals surface area contributed by atoms with E-state index in [1.54, 1.807) is 30.3 Å². The highest BCUT2D eigenvalue weighted by molar-refractivity contribution is 6.04. The molecule has 0 saturated heterocycles. The first-order valence-electron chi connectivity index (χ1n) is 7.81. The molecule has 0 aromatic heterocycles. The summed E-state index contributed by atoms with van der Waals surface area (Å²) in [4.78, 5) is 23.1. The van der Waals surface area contributed by atoms with Crippen LogP contribution in [0.15, 0.2) is 65.8 Å². The number of rotatable bonds is 4. The fourth-order valence-electron chi connectivity index (χ4n) is 2.76. The Bertz CT molecular complexity index is 906. The van der Waals surface area contributed by atoms with Gasteiger partial charge in [0.1, 0.15) is 11.6 Å². The average molecular weight is 354 g/mol. The molecule has 0 fully saturated rings. The lowest BCUT2D eigenvalue weighted by molar-refractivity contribution is -0.132. The standard InChI is InChI=1S/C19H15FN2O4/c20-13-7-5-12(6-8-13)15-11-16(14-3-1-2-4-17(14)23)22(21-15)18(24)9-10-19(25)26/h1-10,16,23H,11H2,(H,25,26)/b10-9-. The topological polar surface area (TPSA) is 90.2 Å². The van der Waals surface area contributed by atoms with Crippen molar-refractivity contribution in [2.45, 2.75) is 12.5 Å². The number of hydrazone groups is 1. The molecule has 0 bridgehead atoms. The molecule has 7 heteroatoms. The van der Waals surface area contributed by atoms with Crippen LogP contribution in [0.4, 0.5) is 4.39 Å². The number of hydrogen-bond acceptors (Lipinski definition) is 4. The van der Waals surface area contributed by atoms with E-state index < -0.39 is 17.9 Å². The van der Waals surface area contributed by atoms with Crippen LogP contribution in [0.25, 0.3) is 0 Å². The summed E-state index contributed by atoms with van der Waals surface area (Å²) in [6.07, 6.45) is 1.94. The second kappa shape index (κ2) is 7.18. The van der Waals surface area contributed by atoms with Crippen molar-refractivity contribution in [3.63, 3.8) is 0 Å². The Kier molecular flexibility index (Phi) is 4.79. The highest BCUT2D eigenvalue weighted by atomic mass is 19.1. The predicted octanol–water partition coefficient (Wildman–Crippen LogP) is 2.85. The minimum Gasteiger partial charge on any atom is -0.508 e. The highest BCUT2D eigenvalue weighted by Crippen LogP contribution is 2.37. The van der Waals surface area contributed by atoms with Gasteiger partial charge in [0.15, 0.2) is 0 Å². The summed E-state index contributed by atoms with van der Waals surface area (Å²) in [6, 6.07) is 11.7. The Labute approximate surface area is 148 Å². The second-order valence-electron chi connectivity index (χ2n) is 5.69. The van der Waals surface area contributed by atoms with Gasteiger partial charge < -0.3 is 10.2 Å². The molecule has 1 atom stereocenters. The molecule has 2 N–H and O–H groups in total. The minimum absolute atomic E-state index is 0.00747. The van der Waals surface area contributed by atoms with Crippen molar-refractivity contribution in [2.75, 3.05) is 0 Å². The molecule has 132 valence electrons. The molecular weight excluding hydrogens is 339 g/mol. The third-order valence-electron chi connectivity index (χ3n) is 3.98. The monoisotopic (exact) mass is 354 g/mol. The number of carboxylic acids is 1. The maximum atomic E-state index is 13.1. The number of carbonyl (C=O) groups excluding carboxylic acids is 1. The number of aliphatic carboxylic acids is 1. The Hall–Kier alpha value is -3.48. The fourth-order valence-corrected chi connectivity index (χ4v) is 2.76. The third kappa shape index (κ3) is 3.61. The second-order valence-corrected chi connectivity index (χ2v) is 5.69. The maximum absolute atomic E-state index is 13.1. The normalized spacial score (nSPS) is 16.7. The van der Waals surface area contributed by atoms with Crippen molar-refractivity contribution < 1.29 is 24.2 Å². The van der Waals surface area contributed by atoms with Crippen molar-refractivity contribution >= 4 is 17.6 Å². The number of aromatic hydroxyl groups is 1. The molecule has 2 aromatic carbocycles. The number of para-hydroxylation sites is 1. The lowest BCUT2D eigenvalue weighted by atomic mass is 9.97. The average Bonchev–Trinajstić information content (AvgIpc) is 3.06. The molecule has 1 amide bonds. The van der Waals surface area contributed by atoms with E-state index in [4.69, 9.17) is 5.11 Å². The van der Waals surface area contributed by atoms with Crippen LogP contribution in [-0.2, 0) is 9.59 Å². The van der Waals surface area contributed by atoms with Crippen LogP contribution in [0, 0.1) is 5.82 Å².